The molecular formula is C10H17N5. The van der Waals surface area contributed by atoms with Crippen LogP contribution in [0.1, 0.15) is 12.2 Å². The fraction of sp³-hybridized carbons (Fsp3) is 0.800. The molecule has 2 aliphatic rings. The van der Waals surface area contributed by atoms with E-state index in [4.69, 9.17) is 0 Å². The predicted molar refractivity (Wildman–Crippen MR) is 56.6 cm³/mol. The van der Waals surface area contributed by atoms with Crippen LogP contribution in [-0.4, -0.2) is 51.9 Å². The topological polar surface area (TPSA) is 46.0 Å². The van der Waals surface area contributed by atoms with E-state index in [1.807, 2.05) is 6.33 Å². The van der Waals surface area contributed by atoms with Crippen molar-refractivity contribution in [3.05, 3.63) is 12.2 Å². The van der Waals surface area contributed by atoms with Gasteiger partial charge in [-0.2, -0.15) is 0 Å². The van der Waals surface area contributed by atoms with Crippen molar-refractivity contribution in [3.8, 4) is 0 Å². The van der Waals surface area contributed by atoms with Crippen molar-refractivity contribution >= 4 is 0 Å². The Labute approximate surface area is 89.5 Å². The van der Waals surface area contributed by atoms with Gasteiger partial charge in [0.25, 0.3) is 0 Å². The van der Waals surface area contributed by atoms with Crippen LogP contribution in [-0.2, 0) is 13.0 Å². The van der Waals surface area contributed by atoms with Crippen molar-refractivity contribution in [2.75, 3.05) is 26.2 Å². The SMILES string of the molecule is c1nnc2n1CCC(N1CCNCC1)C2. The summed E-state index contributed by atoms with van der Waals surface area (Å²) in [6.45, 7) is 5.70. The third-order valence-corrected chi connectivity index (χ3v) is 3.49. The van der Waals surface area contributed by atoms with Gasteiger partial charge in [-0.05, 0) is 6.42 Å². The lowest BCUT2D eigenvalue weighted by Crippen LogP contribution is -2.50. The van der Waals surface area contributed by atoms with Crippen LogP contribution in [0.5, 0.6) is 0 Å². The number of hydrogen-bond acceptors (Lipinski definition) is 4. The molecule has 0 bridgehead atoms. The highest BCUT2D eigenvalue weighted by molar-refractivity contribution is 4.96. The third-order valence-electron chi connectivity index (χ3n) is 3.49. The number of rotatable bonds is 1. The fourth-order valence-corrected chi connectivity index (χ4v) is 2.58. The molecule has 15 heavy (non-hydrogen) atoms. The van der Waals surface area contributed by atoms with E-state index in [1.54, 1.807) is 0 Å². The normalized spacial score (nSPS) is 27.6. The highest BCUT2D eigenvalue weighted by Gasteiger charge is 2.25. The van der Waals surface area contributed by atoms with E-state index in [-0.39, 0.29) is 0 Å². The molecule has 5 heteroatoms. The second-order valence-corrected chi connectivity index (χ2v) is 4.37. The van der Waals surface area contributed by atoms with Crippen LogP contribution in [0, 0.1) is 0 Å². The van der Waals surface area contributed by atoms with Crippen LogP contribution in [0.3, 0.4) is 0 Å². The number of hydrogen-bond donors (Lipinski definition) is 1. The molecule has 3 rings (SSSR count). The third kappa shape index (κ3) is 1.77. The van der Waals surface area contributed by atoms with E-state index in [1.165, 1.54) is 19.5 Å². The van der Waals surface area contributed by atoms with E-state index in [0.717, 1.165) is 31.9 Å². The van der Waals surface area contributed by atoms with Crippen LogP contribution in [0.4, 0.5) is 0 Å². The Kier molecular flexibility index (Phi) is 2.42. The predicted octanol–water partition coefficient (Wildman–Crippen LogP) is -0.502. The van der Waals surface area contributed by atoms with E-state index in [2.05, 4.69) is 25.0 Å². The first kappa shape index (κ1) is 9.30. The van der Waals surface area contributed by atoms with Crippen LogP contribution in [0.2, 0.25) is 0 Å². The molecule has 1 aromatic heterocycles. The smallest absolute Gasteiger partial charge is 0.134 e. The number of nitrogens with zero attached hydrogens (tertiary/aromatic N) is 4. The first-order valence-corrected chi connectivity index (χ1v) is 5.75. The van der Waals surface area contributed by atoms with Gasteiger partial charge in [0.15, 0.2) is 0 Å². The number of aromatic nitrogens is 3. The Morgan fingerprint density at radius 1 is 1.27 bits per heavy atom. The minimum absolute atomic E-state index is 0.684. The first-order chi connectivity index (χ1) is 7.43. The standard InChI is InChI=1S/C10H17N5/c1-4-15-8-12-13-10(15)7-9(1)14-5-2-11-3-6-14/h8-9,11H,1-7H2. The summed E-state index contributed by atoms with van der Waals surface area (Å²) in [6, 6.07) is 0.684. The molecule has 1 atom stereocenters. The summed E-state index contributed by atoms with van der Waals surface area (Å²) < 4.78 is 2.18. The summed E-state index contributed by atoms with van der Waals surface area (Å²) in [6.07, 6.45) is 4.16. The lowest BCUT2D eigenvalue weighted by Gasteiger charge is -2.36. The van der Waals surface area contributed by atoms with Gasteiger partial charge in [0, 0.05) is 45.2 Å². The van der Waals surface area contributed by atoms with E-state index >= 15 is 0 Å². The van der Waals surface area contributed by atoms with Gasteiger partial charge in [-0.15, -0.1) is 10.2 Å². The number of piperazine rings is 1. The van der Waals surface area contributed by atoms with Crippen LogP contribution in [0.15, 0.2) is 6.33 Å². The van der Waals surface area contributed by atoms with E-state index in [9.17, 15) is 0 Å². The number of aryl methyl sites for hydroxylation is 1. The Balaban J connectivity index is 1.69. The van der Waals surface area contributed by atoms with E-state index in [0.29, 0.717) is 6.04 Å². The molecule has 82 valence electrons. The van der Waals surface area contributed by atoms with Gasteiger partial charge in [-0.1, -0.05) is 0 Å². The molecule has 0 radical (unpaired) electrons. The quantitative estimate of drug-likeness (QED) is 0.674. The van der Waals surface area contributed by atoms with Crippen LogP contribution < -0.4 is 5.32 Å². The summed E-state index contributed by atoms with van der Waals surface area (Å²) in [5.41, 5.74) is 0. The Hall–Kier alpha value is -0.940. The summed E-state index contributed by atoms with van der Waals surface area (Å²) in [4.78, 5) is 2.59. The first-order valence-electron chi connectivity index (χ1n) is 5.75. The van der Waals surface area contributed by atoms with Gasteiger partial charge in [-0.3, -0.25) is 4.90 Å². The summed E-state index contributed by atoms with van der Waals surface area (Å²) in [5, 5.41) is 11.5. The molecule has 1 fully saturated rings. The van der Waals surface area contributed by atoms with Crippen molar-refractivity contribution in [3.63, 3.8) is 0 Å². The average Bonchev–Trinajstić information content (AvgIpc) is 2.77. The van der Waals surface area contributed by atoms with Crippen molar-refractivity contribution in [1.29, 1.82) is 0 Å². The highest BCUT2D eigenvalue weighted by Crippen LogP contribution is 2.17. The van der Waals surface area contributed by atoms with E-state index < -0.39 is 0 Å². The second-order valence-electron chi connectivity index (χ2n) is 4.37. The maximum atomic E-state index is 4.17. The summed E-state index contributed by atoms with van der Waals surface area (Å²) >= 11 is 0. The van der Waals surface area contributed by atoms with Gasteiger partial charge in [0.1, 0.15) is 12.2 Å². The maximum absolute atomic E-state index is 4.17. The maximum Gasteiger partial charge on any atom is 0.134 e. The largest absolute Gasteiger partial charge is 0.317 e. The van der Waals surface area contributed by atoms with Crippen molar-refractivity contribution in [2.24, 2.45) is 0 Å². The minimum Gasteiger partial charge on any atom is -0.317 e. The number of fused-ring (bicyclic) bond motifs is 1. The van der Waals surface area contributed by atoms with Gasteiger partial charge in [0.05, 0.1) is 0 Å². The lowest BCUT2D eigenvalue weighted by molar-refractivity contribution is 0.147. The highest BCUT2D eigenvalue weighted by atomic mass is 15.3. The van der Waals surface area contributed by atoms with Crippen LogP contribution in [0.25, 0.3) is 0 Å². The second kappa shape index (κ2) is 3.90. The van der Waals surface area contributed by atoms with Crippen molar-refractivity contribution < 1.29 is 0 Å². The molecule has 1 N–H and O–H groups in total. The molecule has 0 spiro atoms. The monoisotopic (exact) mass is 207 g/mol. The van der Waals surface area contributed by atoms with Gasteiger partial charge < -0.3 is 9.88 Å². The minimum atomic E-state index is 0.684. The van der Waals surface area contributed by atoms with Crippen molar-refractivity contribution in [1.82, 2.24) is 25.0 Å². The van der Waals surface area contributed by atoms with Crippen LogP contribution >= 0.6 is 0 Å². The molecule has 1 aromatic rings. The molecule has 5 nitrogen and oxygen atoms in total. The molecule has 1 unspecified atom stereocenters. The Bertz CT molecular complexity index is 328. The zero-order chi connectivity index (χ0) is 10.1. The molecule has 0 saturated carbocycles. The summed E-state index contributed by atoms with van der Waals surface area (Å²) in [7, 11) is 0. The molecule has 3 heterocycles. The average molecular weight is 207 g/mol. The Morgan fingerprint density at radius 2 is 2.13 bits per heavy atom. The molecule has 0 aromatic carbocycles. The Morgan fingerprint density at radius 3 is 3.00 bits per heavy atom. The lowest BCUT2D eigenvalue weighted by atomic mass is 10.0. The van der Waals surface area contributed by atoms with Gasteiger partial charge in [0.2, 0.25) is 0 Å². The zero-order valence-corrected chi connectivity index (χ0v) is 8.89. The van der Waals surface area contributed by atoms with Crippen molar-refractivity contribution in [2.45, 2.75) is 25.4 Å². The molecule has 1 saturated heterocycles. The van der Waals surface area contributed by atoms with Gasteiger partial charge >= 0.3 is 0 Å². The molecule has 2 aliphatic heterocycles. The molecular weight excluding hydrogens is 190 g/mol. The zero-order valence-electron chi connectivity index (χ0n) is 8.89. The fourth-order valence-electron chi connectivity index (χ4n) is 2.58. The van der Waals surface area contributed by atoms with Gasteiger partial charge in [-0.25, -0.2) is 0 Å². The molecule has 0 amide bonds. The number of nitrogens with one attached hydrogen (secondary N) is 1. The molecule has 0 aliphatic carbocycles. The summed E-state index contributed by atoms with van der Waals surface area (Å²) in [5.74, 6) is 1.16.